The average Bonchev–Trinajstić information content (AvgIpc) is 2.91. The van der Waals surface area contributed by atoms with E-state index in [-0.39, 0.29) is 17.6 Å². The van der Waals surface area contributed by atoms with Crippen molar-refractivity contribution in [2.24, 2.45) is 11.8 Å². The summed E-state index contributed by atoms with van der Waals surface area (Å²) in [6, 6.07) is 0. The topological polar surface area (TPSA) is 38.3 Å². The van der Waals surface area contributed by atoms with Crippen molar-refractivity contribution in [3.05, 3.63) is 0 Å². The Hall–Kier alpha value is -0.570. The Kier molecular flexibility index (Phi) is 4.99. The van der Waals surface area contributed by atoms with Crippen molar-refractivity contribution in [3.8, 4) is 0 Å². The molecule has 1 atom stereocenters. The van der Waals surface area contributed by atoms with Crippen LogP contribution in [-0.2, 0) is 9.53 Å². The van der Waals surface area contributed by atoms with Crippen LogP contribution in [0.15, 0.2) is 0 Å². The molecule has 0 aromatic carbocycles. The molecule has 1 unspecified atom stereocenters. The first kappa shape index (κ1) is 14.5. The van der Waals surface area contributed by atoms with Gasteiger partial charge in [0.25, 0.3) is 0 Å². The lowest BCUT2D eigenvalue weighted by atomic mass is 10.0. The number of rotatable bonds is 6. The zero-order valence-electron chi connectivity index (χ0n) is 11.9. The van der Waals surface area contributed by atoms with Gasteiger partial charge in [-0.1, -0.05) is 13.8 Å². The highest BCUT2D eigenvalue weighted by Crippen LogP contribution is 2.29. The summed E-state index contributed by atoms with van der Waals surface area (Å²) in [7, 11) is 0. The van der Waals surface area contributed by atoms with Crippen LogP contribution < -0.4 is 5.32 Å². The summed E-state index contributed by atoms with van der Waals surface area (Å²) >= 11 is 0. The first-order chi connectivity index (χ1) is 7.78. The summed E-state index contributed by atoms with van der Waals surface area (Å²) in [5.41, 5.74) is -0.185. The van der Waals surface area contributed by atoms with Crippen molar-refractivity contribution < 1.29 is 9.53 Å². The number of ether oxygens (including phenoxy) is 1. The number of amides is 1. The first-order valence-corrected chi connectivity index (χ1v) is 6.71. The van der Waals surface area contributed by atoms with Crippen LogP contribution in [-0.4, -0.2) is 24.2 Å². The Morgan fingerprint density at radius 2 is 1.94 bits per heavy atom. The maximum Gasteiger partial charge on any atom is 0.249 e. The molecule has 100 valence electrons. The summed E-state index contributed by atoms with van der Waals surface area (Å²) in [6.07, 6.45) is 3.04. The lowest BCUT2D eigenvalue weighted by Crippen LogP contribution is -2.47. The van der Waals surface area contributed by atoms with Crippen molar-refractivity contribution in [3.63, 3.8) is 0 Å². The highest BCUT2D eigenvalue weighted by atomic mass is 16.5. The molecule has 0 aromatic heterocycles. The van der Waals surface area contributed by atoms with Gasteiger partial charge < -0.3 is 10.1 Å². The van der Waals surface area contributed by atoms with Gasteiger partial charge in [-0.2, -0.15) is 0 Å². The van der Waals surface area contributed by atoms with Crippen molar-refractivity contribution >= 4 is 5.91 Å². The molecule has 17 heavy (non-hydrogen) atoms. The fraction of sp³-hybridized carbons (Fsp3) is 0.929. The number of hydrogen-bond acceptors (Lipinski definition) is 2. The standard InChI is InChI=1S/C14H27NO2/c1-10(2)8-12(17-9-11-6-7-11)13(16)15-14(3,4)5/h10-12H,6-9H2,1-5H3,(H,15,16). The molecule has 0 heterocycles. The molecule has 1 aliphatic rings. The maximum absolute atomic E-state index is 12.1. The van der Waals surface area contributed by atoms with Gasteiger partial charge in [0, 0.05) is 5.54 Å². The van der Waals surface area contributed by atoms with Gasteiger partial charge in [-0.3, -0.25) is 4.79 Å². The van der Waals surface area contributed by atoms with Crippen LogP contribution in [0, 0.1) is 11.8 Å². The molecule has 0 saturated heterocycles. The lowest BCUT2D eigenvalue weighted by molar-refractivity contribution is -0.135. The Morgan fingerprint density at radius 1 is 1.35 bits per heavy atom. The van der Waals surface area contributed by atoms with Gasteiger partial charge in [0.05, 0.1) is 6.61 Å². The molecule has 0 spiro atoms. The van der Waals surface area contributed by atoms with Crippen molar-refractivity contribution in [1.29, 1.82) is 0 Å². The van der Waals surface area contributed by atoms with Gasteiger partial charge >= 0.3 is 0 Å². The van der Waals surface area contributed by atoms with Crippen LogP contribution in [0.4, 0.5) is 0 Å². The predicted octanol–water partition coefficient (Wildman–Crippen LogP) is 2.74. The number of hydrogen-bond donors (Lipinski definition) is 1. The van der Waals surface area contributed by atoms with Crippen molar-refractivity contribution in [2.45, 2.75) is 65.5 Å². The predicted molar refractivity (Wildman–Crippen MR) is 69.8 cm³/mol. The molecule has 1 N–H and O–H groups in total. The van der Waals surface area contributed by atoms with E-state index in [2.05, 4.69) is 19.2 Å². The second-order valence-electron chi connectivity index (χ2n) is 6.63. The van der Waals surface area contributed by atoms with E-state index in [1.165, 1.54) is 12.8 Å². The molecule has 0 aliphatic heterocycles. The van der Waals surface area contributed by atoms with E-state index in [9.17, 15) is 4.79 Å². The second-order valence-corrected chi connectivity index (χ2v) is 6.63. The Labute approximate surface area is 105 Å². The van der Waals surface area contributed by atoms with Crippen LogP contribution >= 0.6 is 0 Å². The van der Waals surface area contributed by atoms with Crippen LogP contribution in [0.1, 0.15) is 53.9 Å². The highest BCUT2D eigenvalue weighted by Gasteiger charge is 2.28. The summed E-state index contributed by atoms with van der Waals surface area (Å²) in [4.78, 5) is 12.1. The summed E-state index contributed by atoms with van der Waals surface area (Å²) in [5, 5.41) is 3.00. The molecule has 1 aliphatic carbocycles. The van der Waals surface area contributed by atoms with Crippen molar-refractivity contribution in [2.75, 3.05) is 6.61 Å². The Morgan fingerprint density at radius 3 is 2.35 bits per heavy atom. The average molecular weight is 241 g/mol. The fourth-order valence-electron chi connectivity index (χ4n) is 1.67. The zero-order valence-corrected chi connectivity index (χ0v) is 11.9. The third-order valence-electron chi connectivity index (χ3n) is 2.71. The minimum atomic E-state index is -0.283. The third-order valence-corrected chi connectivity index (χ3v) is 2.71. The largest absolute Gasteiger partial charge is 0.368 e. The second kappa shape index (κ2) is 5.85. The van der Waals surface area contributed by atoms with E-state index in [0.717, 1.165) is 13.0 Å². The molecule has 0 aromatic rings. The van der Waals surface area contributed by atoms with Gasteiger partial charge in [-0.25, -0.2) is 0 Å². The van der Waals surface area contributed by atoms with Crippen molar-refractivity contribution in [1.82, 2.24) is 5.32 Å². The van der Waals surface area contributed by atoms with Crippen LogP contribution in [0.5, 0.6) is 0 Å². The maximum atomic E-state index is 12.1. The molecule has 1 rings (SSSR count). The highest BCUT2D eigenvalue weighted by molar-refractivity contribution is 5.81. The van der Waals surface area contributed by atoms with Gasteiger partial charge in [0.2, 0.25) is 5.91 Å². The number of nitrogens with one attached hydrogen (secondary N) is 1. The number of carbonyl (C=O) groups is 1. The molecule has 0 bridgehead atoms. The summed E-state index contributed by atoms with van der Waals surface area (Å²) in [6.45, 7) is 11.0. The third kappa shape index (κ3) is 6.67. The van der Waals surface area contributed by atoms with E-state index in [0.29, 0.717) is 11.8 Å². The van der Waals surface area contributed by atoms with E-state index in [1.807, 2.05) is 20.8 Å². The molecule has 0 radical (unpaired) electrons. The zero-order chi connectivity index (χ0) is 13.1. The summed E-state index contributed by atoms with van der Waals surface area (Å²) < 4.78 is 5.77. The Balaban J connectivity index is 2.44. The van der Waals surface area contributed by atoms with E-state index >= 15 is 0 Å². The monoisotopic (exact) mass is 241 g/mol. The molecule has 1 fully saturated rings. The molecular formula is C14H27NO2. The van der Waals surface area contributed by atoms with E-state index in [4.69, 9.17) is 4.74 Å². The van der Waals surface area contributed by atoms with Gasteiger partial charge in [-0.05, 0) is 51.9 Å². The molecule has 3 nitrogen and oxygen atoms in total. The van der Waals surface area contributed by atoms with Gasteiger partial charge in [-0.15, -0.1) is 0 Å². The molecule has 3 heteroatoms. The normalized spacial score (nSPS) is 18.2. The molecule has 1 saturated carbocycles. The lowest BCUT2D eigenvalue weighted by Gasteiger charge is -2.26. The van der Waals surface area contributed by atoms with Gasteiger partial charge in [0.15, 0.2) is 0 Å². The van der Waals surface area contributed by atoms with Crippen LogP contribution in [0.3, 0.4) is 0 Å². The number of carbonyl (C=O) groups excluding carboxylic acids is 1. The fourth-order valence-corrected chi connectivity index (χ4v) is 1.67. The quantitative estimate of drug-likeness (QED) is 0.776. The van der Waals surface area contributed by atoms with E-state index < -0.39 is 0 Å². The minimum absolute atomic E-state index is 0.0341. The molecular weight excluding hydrogens is 214 g/mol. The summed E-state index contributed by atoms with van der Waals surface area (Å²) in [5.74, 6) is 1.21. The van der Waals surface area contributed by atoms with Crippen LogP contribution in [0.25, 0.3) is 0 Å². The SMILES string of the molecule is CC(C)CC(OCC1CC1)C(=O)NC(C)(C)C. The minimum Gasteiger partial charge on any atom is -0.368 e. The molecule has 1 amide bonds. The smallest absolute Gasteiger partial charge is 0.249 e. The Bertz CT molecular complexity index is 251. The van der Waals surface area contributed by atoms with Gasteiger partial charge in [0.1, 0.15) is 6.10 Å². The van der Waals surface area contributed by atoms with Crippen LogP contribution in [0.2, 0.25) is 0 Å². The first-order valence-electron chi connectivity index (χ1n) is 6.71. The van der Waals surface area contributed by atoms with E-state index in [1.54, 1.807) is 0 Å².